The molecule has 0 aromatic heterocycles. The first-order valence-corrected chi connectivity index (χ1v) is 7.06. The fraction of sp³-hybridized carbons (Fsp3) is 0.467. The fourth-order valence-electron chi connectivity index (χ4n) is 2.23. The molecule has 1 saturated heterocycles. The SMILES string of the molecule is CC(C)(NC(=O)Nc1ccc(N2CCCC2)cc1)C(=O)O. The molecule has 2 rings (SSSR count). The number of anilines is 2. The van der Waals surface area contributed by atoms with E-state index in [4.69, 9.17) is 5.11 Å². The molecule has 1 aliphatic rings. The van der Waals surface area contributed by atoms with Crippen molar-refractivity contribution in [1.82, 2.24) is 5.32 Å². The van der Waals surface area contributed by atoms with E-state index < -0.39 is 17.5 Å². The van der Waals surface area contributed by atoms with Gasteiger partial charge in [-0.2, -0.15) is 0 Å². The molecule has 6 heteroatoms. The standard InChI is InChI=1S/C15H21N3O3/c1-15(2,13(19)20)17-14(21)16-11-5-7-12(8-6-11)18-9-3-4-10-18/h5-8H,3-4,9-10H2,1-2H3,(H,19,20)(H2,16,17,21). The molecule has 1 fully saturated rings. The number of carbonyl (C=O) groups is 2. The van der Waals surface area contributed by atoms with Gasteiger partial charge in [0.15, 0.2) is 0 Å². The molecular formula is C15H21N3O3. The van der Waals surface area contributed by atoms with Crippen LogP contribution in [0.25, 0.3) is 0 Å². The summed E-state index contributed by atoms with van der Waals surface area (Å²) < 4.78 is 0. The second kappa shape index (κ2) is 6.03. The molecule has 1 aromatic carbocycles. The van der Waals surface area contributed by atoms with Gasteiger partial charge in [0.25, 0.3) is 0 Å². The van der Waals surface area contributed by atoms with Crippen LogP contribution in [0.1, 0.15) is 26.7 Å². The smallest absolute Gasteiger partial charge is 0.328 e. The summed E-state index contributed by atoms with van der Waals surface area (Å²) in [5.74, 6) is -1.08. The second-order valence-electron chi connectivity index (χ2n) is 5.75. The van der Waals surface area contributed by atoms with Crippen LogP contribution in [0.3, 0.4) is 0 Å². The topological polar surface area (TPSA) is 81.7 Å². The van der Waals surface area contributed by atoms with E-state index >= 15 is 0 Å². The minimum absolute atomic E-state index is 0.531. The molecule has 0 aliphatic carbocycles. The van der Waals surface area contributed by atoms with Gasteiger partial charge < -0.3 is 20.6 Å². The molecule has 0 bridgehead atoms. The summed E-state index contributed by atoms with van der Waals surface area (Å²) in [5, 5.41) is 14.0. The van der Waals surface area contributed by atoms with Gasteiger partial charge in [0.1, 0.15) is 5.54 Å². The van der Waals surface area contributed by atoms with Crippen molar-refractivity contribution in [3.8, 4) is 0 Å². The molecule has 114 valence electrons. The van der Waals surface area contributed by atoms with Crippen LogP contribution in [0.4, 0.5) is 16.2 Å². The van der Waals surface area contributed by atoms with Crippen LogP contribution < -0.4 is 15.5 Å². The molecule has 0 saturated carbocycles. The first-order valence-electron chi connectivity index (χ1n) is 7.06. The van der Waals surface area contributed by atoms with Crippen molar-refractivity contribution in [2.24, 2.45) is 0 Å². The Morgan fingerprint density at radius 1 is 1.14 bits per heavy atom. The number of urea groups is 1. The highest BCUT2D eigenvalue weighted by molar-refractivity contribution is 5.93. The van der Waals surface area contributed by atoms with Crippen LogP contribution >= 0.6 is 0 Å². The first kappa shape index (κ1) is 15.2. The van der Waals surface area contributed by atoms with Crippen molar-refractivity contribution < 1.29 is 14.7 Å². The van der Waals surface area contributed by atoms with Crippen molar-refractivity contribution in [2.45, 2.75) is 32.2 Å². The maximum atomic E-state index is 11.8. The van der Waals surface area contributed by atoms with E-state index in [-0.39, 0.29) is 0 Å². The minimum Gasteiger partial charge on any atom is -0.480 e. The van der Waals surface area contributed by atoms with Gasteiger partial charge in [0.2, 0.25) is 0 Å². The highest BCUT2D eigenvalue weighted by atomic mass is 16.4. The fourth-order valence-corrected chi connectivity index (χ4v) is 2.23. The Balaban J connectivity index is 1.93. The highest BCUT2D eigenvalue weighted by Crippen LogP contribution is 2.22. The zero-order valence-electron chi connectivity index (χ0n) is 12.3. The van der Waals surface area contributed by atoms with E-state index in [1.807, 2.05) is 24.3 Å². The molecule has 0 spiro atoms. The maximum absolute atomic E-state index is 11.8. The Labute approximate surface area is 124 Å². The minimum atomic E-state index is -1.31. The number of nitrogens with zero attached hydrogens (tertiary/aromatic N) is 1. The van der Waals surface area contributed by atoms with Crippen LogP contribution in [-0.4, -0.2) is 35.7 Å². The molecule has 1 heterocycles. The summed E-state index contributed by atoms with van der Waals surface area (Å²) in [6, 6.07) is 7.03. The Morgan fingerprint density at radius 3 is 2.24 bits per heavy atom. The van der Waals surface area contributed by atoms with Gasteiger partial charge in [0.05, 0.1) is 0 Å². The van der Waals surface area contributed by atoms with Crippen molar-refractivity contribution >= 4 is 23.4 Å². The summed E-state index contributed by atoms with van der Waals surface area (Å²) in [6.07, 6.45) is 2.43. The van der Waals surface area contributed by atoms with Crippen molar-refractivity contribution in [1.29, 1.82) is 0 Å². The zero-order chi connectivity index (χ0) is 15.5. The number of carbonyl (C=O) groups excluding carboxylic acids is 1. The largest absolute Gasteiger partial charge is 0.480 e. The summed E-state index contributed by atoms with van der Waals surface area (Å²) >= 11 is 0. The van der Waals surface area contributed by atoms with Gasteiger partial charge in [-0.15, -0.1) is 0 Å². The number of carboxylic acids is 1. The van der Waals surface area contributed by atoms with Crippen molar-refractivity contribution in [2.75, 3.05) is 23.3 Å². The van der Waals surface area contributed by atoms with Gasteiger partial charge in [-0.25, -0.2) is 9.59 Å². The van der Waals surface area contributed by atoms with E-state index in [1.54, 1.807) is 0 Å². The number of carboxylic acid groups (broad SMARTS) is 1. The third-order valence-corrected chi connectivity index (χ3v) is 3.56. The number of hydrogen-bond donors (Lipinski definition) is 3. The normalized spacial score (nSPS) is 14.9. The van der Waals surface area contributed by atoms with Crippen LogP contribution in [0.2, 0.25) is 0 Å². The summed E-state index contributed by atoms with van der Waals surface area (Å²) in [7, 11) is 0. The molecule has 21 heavy (non-hydrogen) atoms. The monoisotopic (exact) mass is 291 g/mol. The lowest BCUT2D eigenvalue weighted by Gasteiger charge is -2.21. The number of rotatable bonds is 4. The predicted octanol–water partition coefficient (Wildman–Crippen LogP) is 2.27. The lowest BCUT2D eigenvalue weighted by molar-refractivity contribution is -0.142. The van der Waals surface area contributed by atoms with E-state index in [0.29, 0.717) is 5.69 Å². The van der Waals surface area contributed by atoms with Gasteiger partial charge in [0, 0.05) is 24.5 Å². The van der Waals surface area contributed by atoms with Gasteiger partial charge in [-0.3, -0.25) is 0 Å². The van der Waals surface area contributed by atoms with Gasteiger partial charge in [-0.05, 0) is 51.0 Å². The number of hydrogen-bond acceptors (Lipinski definition) is 3. The lowest BCUT2D eigenvalue weighted by atomic mass is 10.1. The van der Waals surface area contributed by atoms with Gasteiger partial charge in [-0.1, -0.05) is 0 Å². The molecule has 3 N–H and O–H groups in total. The molecule has 0 unspecified atom stereocenters. The summed E-state index contributed by atoms with van der Waals surface area (Å²) in [5.41, 5.74) is 0.473. The number of nitrogens with one attached hydrogen (secondary N) is 2. The van der Waals surface area contributed by atoms with Crippen LogP contribution in [0.15, 0.2) is 24.3 Å². The quantitative estimate of drug-likeness (QED) is 0.795. The van der Waals surface area contributed by atoms with Crippen LogP contribution in [0, 0.1) is 0 Å². The number of aliphatic carboxylic acids is 1. The van der Waals surface area contributed by atoms with E-state index in [9.17, 15) is 9.59 Å². The molecular weight excluding hydrogens is 270 g/mol. The third kappa shape index (κ3) is 3.87. The molecule has 2 amide bonds. The molecule has 0 atom stereocenters. The average Bonchev–Trinajstić information content (AvgIpc) is 2.92. The maximum Gasteiger partial charge on any atom is 0.328 e. The van der Waals surface area contributed by atoms with Gasteiger partial charge >= 0.3 is 12.0 Å². The lowest BCUT2D eigenvalue weighted by Crippen LogP contribution is -2.51. The molecule has 6 nitrogen and oxygen atoms in total. The Morgan fingerprint density at radius 2 is 1.71 bits per heavy atom. The Kier molecular flexibility index (Phi) is 4.35. The molecule has 1 aliphatic heterocycles. The second-order valence-corrected chi connectivity index (χ2v) is 5.75. The van der Waals surface area contributed by atoms with Crippen LogP contribution in [0.5, 0.6) is 0 Å². The van der Waals surface area contributed by atoms with E-state index in [0.717, 1.165) is 18.8 Å². The van der Waals surface area contributed by atoms with Crippen molar-refractivity contribution in [3.05, 3.63) is 24.3 Å². The van der Waals surface area contributed by atoms with E-state index in [1.165, 1.54) is 26.7 Å². The van der Waals surface area contributed by atoms with E-state index in [2.05, 4.69) is 15.5 Å². The number of benzene rings is 1. The Hall–Kier alpha value is -2.24. The summed E-state index contributed by atoms with van der Waals surface area (Å²) in [4.78, 5) is 25.0. The first-order chi connectivity index (χ1) is 9.88. The average molecular weight is 291 g/mol. The highest BCUT2D eigenvalue weighted by Gasteiger charge is 2.28. The summed E-state index contributed by atoms with van der Waals surface area (Å²) in [6.45, 7) is 5.01. The zero-order valence-corrected chi connectivity index (χ0v) is 12.3. The van der Waals surface area contributed by atoms with Crippen LogP contribution in [-0.2, 0) is 4.79 Å². The third-order valence-electron chi connectivity index (χ3n) is 3.56. The number of amides is 2. The Bertz CT molecular complexity index is 519. The predicted molar refractivity (Wildman–Crippen MR) is 81.8 cm³/mol. The molecule has 0 radical (unpaired) electrons. The molecule has 1 aromatic rings. The van der Waals surface area contributed by atoms with Crippen molar-refractivity contribution in [3.63, 3.8) is 0 Å².